The molecule has 0 unspecified atom stereocenters. The van der Waals surface area contributed by atoms with Gasteiger partial charge >= 0.3 is 5.92 Å². The van der Waals surface area contributed by atoms with Crippen molar-refractivity contribution in [3.8, 4) is 12.1 Å². The molecule has 36 valence electrons. The van der Waals surface area contributed by atoms with Crippen LogP contribution in [0.5, 0.6) is 0 Å². The van der Waals surface area contributed by atoms with Crippen molar-refractivity contribution < 1.29 is 8.78 Å². The molecule has 0 aliphatic heterocycles. The minimum absolute atomic E-state index is 0.497. The van der Waals surface area contributed by atoms with Crippen LogP contribution in [-0.4, -0.2) is 5.92 Å². The number of hydrogen-bond acceptors (Lipinski definition) is 2. The van der Waals surface area contributed by atoms with E-state index in [9.17, 15) is 8.78 Å². The van der Waals surface area contributed by atoms with Gasteiger partial charge in [-0.25, -0.2) is 0 Å². The lowest BCUT2D eigenvalue weighted by Crippen LogP contribution is -2.06. The molecule has 0 aromatic carbocycles. The van der Waals surface area contributed by atoms with E-state index in [1.165, 1.54) is 0 Å². The molecule has 7 heavy (non-hydrogen) atoms. The van der Waals surface area contributed by atoms with Crippen molar-refractivity contribution in [2.45, 2.75) is 5.92 Å². The average Bonchev–Trinajstić information content (AvgIpc) is 1.68. The number of rotatable bonds is 0. The SMILES string of the molecule is N#CC(F)(F)C#N. The molecule has 0 aromatic heterocycles. The first-order valence-electron chi connectivity index (χ1n) is 1.33. The first-order valence-corrected chi connectivity index (χ1v) is 1.33. The van der Waals surface area contributed by atoms with Gasteiger partial charge in [0.05, 0.1) is 0 Å². The molecule has 0 rings (SSSR count). The van der Waals surface area contributed by atoms with E-state index in [-0.39, 0.29) is 0 Å². The third-order valence-electron chi connectivity index (χ3n) is 0.281. The third kappa shape index (κ3) is 1.67. The van der Waals surface area contributed by atoms with Crippen LogP contribution in [0.4, 0.5) is 8.78 Å². The second-order valence-electron chi connectivity index (χ2n) is 0.798. The quantitative estimate of drug-likeness (QED) is 0.451. The highest BCUT2D eigenvalue weighted by Gasteiger charge is 2.26. The number of halogens is 2. The Bertz CT molecular complexity index is 122. The maximum Gasteiger partial charge on any atom is 0.418 e. The minimum Gasteiger partial charge on any atom is -0.190 e. The minimum atomic E-state index is -3.81. The van der Waals surface area contributed by atoms with Crippen LogP contribution in [0, 0.1) is 22.7 Å². The van der Waals surface area contributed by atoms with E-state index < -0.39 is 5.92 Å². The molecular formula is C3F2N2. The summed E-state index contributed by atoms with van der Waals surface area (Å²) in [6, 6.07) is 0.993. The van der Waals surface area contributed by atoms with Crippen molar-refractivity contribution in [3.05, 3.63) is 0 Å². The number of nitrogens with zero attached hydrogens (tertiary/aromatic N) is 2. The Balaban J connectivity index is 4.00. The van der Waals surface area contributed by atoms with Gasteiger partial charge in [-0.15, -0.1) is 0 Å². The first kappa shape index (κ1) is 5.84. The molecule has 0 heterocycles. The monoisotopic (exact) mass is 102 g/mol. The molecule has 0 atom stereocenters. The lowest BCUT2D eigenvalue weighted by molar-refractivity contribution is 0.129. The summed E-state index contributed by atoms with van der Waals surface area (Å²) < 4.78 is 22.3. The maximum atomic E-state index is 11.2. The molecule has 2 nitrogen and oxygen atoms in total. The highest BCUT2D eigenvalue weighted by atomic mass is 19.3. The summed E-state index contributed by atoms with van der Waals surface area (Å²) in [6.45, 7) is 0. The lowest BCUT2D eigenvalue weighted by atomic mass is 10.4. The van der Waals surface area contributed by atoms with Gasteiger partial charge in [0.15, 0.2) is 12.1 Å². The molecule has 0 amide bonds. The van der Waals surface area contributed by atoms with E-state index in [0.29, 0.717) is 12.1 Å². The van der Waals surface area contributed by atoms with Crippen LogP contribution in [0.15, 0.2) is 0 Å². The summed E-state index contributed by atoms with van der Waals surface area (Å²) in [7, 11) is 0. The molecule has 0 spiro atoms. The van der Waals surface area contributed by atoms with Crippen LogP contribution < -0.4 is 0 Å². The first-order chi connectivity index (χ1) is 3.12. The summed E-state index contributed by atoms with van der Waals surface area (Å²) in [5.41, 5.74) is 0. The summed E-state index contributed by atoms with van der Waals surface area (Å²) >= 11 is 0. The van der Waals surface area contributed by atoms with E-state index in [1.54, 1.807) is 0 Å². The fraction of sp³-hybridized carbons (Fsp3) is 0.333. The Morgan fingerprint density at radius 1 is 1.14 bits per heavy atom. The van der Waals surface area contributed by atoms with Crippen molar-refractivity contribution in [2.75, 3.05) is 0 Å². The predicted octanol–water partition coefficient (Wildman–Crippen LogP) is 0.669. The van der Waals surface area contributed by atoms with Crippen LogP contribution in [0.1, 0.15) is 0 Å². The van der Waals surface area contributed by atoms with Crippen LogP contribution in [-0.2, 0) is 0 Å². The maximum absolute atomic E-state index is 11.2. The van der Waals surface area contributed by atoms with Gasteiger partial charge in [0.2, 0.25) is 0 Å². The van der Waals surface area contributed by atoms with Crippen LogP contribution in [0.25, 0.3) is 0 Å². The van der Waals surface area contributed by atoms with Gasteiger partial charge in [-0.2, -0.15) is 19.3 Å². The topological polar surface area (TPSA) is 47.6 Å². The summed E-state index contributed by atoms with van der Waals surface area (Å²) in [5.74, 6) is -3.81. The smallest absolute Gasteiger partial charge is 0.190 e. The van der Waals surface area contributed by atoms with Crippen molar-refractivity contribution in [1.82, 2.24) is 0 Å². The predicted molar refractivity (Wildman–Crippen MR) is 16.2 cm³/mol. The van der Waals surface area contributed by atoms with Gasteiger partial charge in [-0.05, 0) is 0 Å². The molecular weight excluding hydrogens is 102 g/mol. The zero-order valence-corrected chi connectivity index (χ0v) is 3.15. The van der Waals surface area contributed by atoms with Crippen molar-refractivity contribution >= 4 is 0 Å². The number of nitriles is 2. The molecule has 0 radical (unpaired) electrons. The van der Waals surface area contributed by atoms with Gasteiger partial charge in [0.25, 0.3) is 0 Å². The molecule has 0 N–H and O–H groups in total. The summed E-state index contributed by atoms with van der Waals surface area (Å²) in [6.07, 6.45) is 0. The normalized spacial score (nSPS) is 9.14. The van der Waals surface area contributed by atoms with Gasteiger partial charge in [-0.3, -0.25) is 0 Å². The van der Waals surface area contributed by atoms with Gasteiger partial charge < -0.3 is 0 Å². The average molecular weight is 102 g/mol. The standard InChI is InChI=1S/C3F2N2/c4-3(5,1-6)2-7. The van der Waals surface area contributed by atoms with E-state index in [0.717, 1.165) is 0 Å². The third-order valence-corrected chi connectivity index (χ3v) is 0.281. The van der Waals surface area contributed by atoms with Crippen molar-refractivity contribution in [3.63, 3.8) is 0 Å². The van der Waals surface area contributed by atoms with E-state index >= 15 is 0 Å². The largest absolute Gasteiger partial charge is 0.418 e. The zero-order chi connectivity index (χ0) is 5.91. The summed E-state index contributed by atoms with van der Waals surface area (Å²) in [4.78, 5) is 0. The van der Waals surface area contributed by atoms with Crippen molar-refractivity contribution in [1.29, 1.82) is 10.5 Å². The Hall–Kier alpha value is -1.16. The zero-order valence-electron chi connectivity index (χ0n) is 3.15. The van der Waals surface area contributed by atoms with E-state index in [1.807, 2.05) is 0 Å². The fourth-order valence-electron chi connectivity index (χ4n) is 0.0250. The Morgan fingerprint density at radius 2 is 1.43 bits per heavy atom. The highest BCUT2D eigenvalue weighted by Crippen LogP contribution is 2.07. The second-order valence-corrected chi connectivity index (χ2v) is 0.798. The Morgan fingerprint density at radius 3 is 1.43 bits per heavy atom. The summed E-state index contributed by atoms with van der Waals surface area (Å²) in [5, 5.41) is 14.7. The van der Waals surface area contributed by atoms with Crippen LogP contribution in [0.3, 0.4) is 0 Å². The van der Waals surface area contributed by atoms with Crippen molar-refractivity contribution in [2.24, 2.45) is 0 Å². The highest BCUT2D eigenvalue weighted by molar-refractivity contribution is 5.08. The molecule has 0 aliphatic carbocycles. The molecule has 4 heteroatoms. The van der Waals surface area contributed by atoms with Gasteiger partial charge in [-0.1, -0.05) is 0 Å². The van der Waals surface area contributed by atoms with E-state index in [2.05, 4.69) is 0 Å². The number of hydrogen-bond donors (Lipinski definition) is 0. The Kier molecular flexibility index (Phi) is 1.27. The van der Waals surface area contributed by atoms with Gasteiger partial charge in [0, 0.05) is 0 Å². The van der Waals surface area contributed by atoms with E-state index in [4.69, 9.17) is 10.5 Å². The second kappa shape index (κ2) is 1.53. The molecule has 0 aromatic rings. The molecule has 0 saturated carbocycles. The molecule has 0 saturated heterocycles. The number of alkyl halides is 2. The fourth-order valence-corrected chi connectivity index (χ4v) is 0.0250. The molecule has 0 fully saturated rings. The Labute approximate surface area is 38.6 Å². The molecule has 0 bridgehead atoms. The van der Waals surface area contributed by atoms with Crippen LogP contribution in [0.2, 0.25) is 0 Å². The van der Waals surface area contributed by atoms with Gasteiger partial charge in [0.1, 0.15) is 0 Å². The molecule has 0 aliphatic rings. The lowest BCUT2D eigenvalue weighted by Gasteiger charge is -1.86. The van der Waals surface area contributed by atoms with Crippen LogP contribution >= 0.6 is 0 Å².